The van der Waals surface area contributed by atoms with Gasteiger partial charge in [0.1, 0.15) is 0 Å². The van der Waals surface area contributed by atoms with Crippen LogP contribution in [0.4, 0.5) is 0 Å². The summed E-state index contributed by atoms with van der Waals surface area (Å²) in [5, 5.41) is 3.30. The highest BCUT2D eigenvalue weighted by Gasteiger charge is 2.29. The molecule has 1 heterocycles. The van der Waals surface area contributed by atoms with Crippen molar-refractivity contribution in [2.45, 2.75) is 37.8 Å². The molecule has 1 aromatic rings. The standard InChI is InChI=1S/C15H24N2O3S/c1-4-16-13(3)14-6-5-7-15(10-14)21(18,19)17-8-9-20-12(2)11-17/h5-7,10,12-13,16H,4,8-9,11H2,1-3H3. The first-order chi connectivity index (χ1) is 9.95. The SMILES string of the molecule is CCNC(C)c1cccc(S(=O)(=O)N2CCOC(C)C2)c1. The van der Waals surface area contributed by atoms with Crippen molar-refractivity contribution in [3.63, 3.8) is 0 Å². The van der Waals surface area contributed by atoms with Crippen molar-refractivity contribution in [1.29, 1.82) is 0 Å². The average Bonchev–Trinajstić information content (AvgIpc) is 2.47. The molecule has 0 amide bonds. The Kier molecular flexibility index (Phi) is 5.37. The van der Waals surface area contributed by atoms with Crippen molar-refractivity contribution in [3.05, 3.63) is 29.8 Å². The number of hydrogen-bond donors (Lipinski definition) is 1. The second-order valence-corrected chi connectivity index (χ2v) is 7.33. The first-order valence-electron chi connectivity index (χ1n) is 7.40. The second kappa shape index (κ2) is 6.87. The Morgan fingerprint density at radius 1 is 1.48 bits per heavy atom. The molecule has 2 unspecified atom stereocenters. The van der Waals surface area contributed by atoms with Crippen LogP contribution in [-0.2, 0) is 14.8 Å². The van der Waals surface area contributed by atoms with Crippen LogP contribution in [0.3, 0.4) is 0 Å². The first-order valence-corrected chi connectivity index (χ1v) is 8.84. The van der Waals surface area contributed by atoms with Crippen LogP contribution in [-0.4, -0.2) is 45.1 Å². The predicted molar refractivity (Wildman–Crippen MR) is 82.7 cm³/mol. The fourth-order valence-electron chi connectivity index (χ4n) is 2.52. The van der Waals surface area contributed by atoms with E-state index in [1.54, 1.807) is 18.2 Å². The summed E-state index contributed by atoms with van der Waals surface area (Å²) in [6.07, 6.45) is -0.0580. The van der Waals surface area contributed by atoms with E-state index in [2.05, 4.69) is 5.32 Å². The van der Waals surface area contributed by atoms with Crippen LogP contribution in [0.1, 0.15) is 32.4 Å². The van der Waals surface area contributed by atoms with Crippen LogP contribution >= 0.6 is 0 Å². The highest BCUT2D eigenvalue weighted by atomic mass is 32.2. The molecule has 0 radical (unpaired) electrons. The molecular weight excluding hydrogens is 288 g/mol. The first kappa shape index (κ1) is 16.4. The van der Waals surface area contributed by atoms with Crippen molar-refractivity contribution in [1.82, 2.24) is 9.62 Å². The van der Waals surface area contributed by atoms with Gasteiger partial charge in [0, 0.05) is 19.1 Å². The molecule has 0 aliphatic carbocycles. The minimum Gasteiger partial charge on any atom is -0.376 e. The van der Waals surface area contributed by atoms with Crippen molar-refractivity contribution >= 4 is 10.0 Å². The molecule has 0 bridgehead atoms. The lowest BCUT2D eigenvalue weighted by atomic mass is 10.1. The molecule has 0 spiro atoms. The van der Waals surface area contributed by atoms with Crippen molar-refractivity contribution in [2.75, 3.05) is 26.2 Å². The summed E-state index contributed by atoms with van der Waals surface area (Å²) in [7, 11) is -3.44. The van der Waals surface area contributed by atoms with Gasteiger partial charge >= 0.3 is 0 Å². The van der Waals surface area contributed by atoms with Crippen LogP contribution in [0.25, 0.3) is 0 Å². The van der Waals surface area contributed by atoms with Crippen molar-refractivity contribution in [2.24, 2.45) is 0 Å². The Labute approximate surface area is 127 Å². The number of rotatable bonds is 5. The second-order valence-electron chi connectivity index (χ2n) is 5.40. The van der Waals surface area contributed by atoms with E-state index in [1.807, 2.05) is 26.8 Å². The Morgan fingerprint density at radius 2 is 2.24 bits per heavy atom. The molecular formula is C15H24N2O3S. The largest absolute Gasteiger partial charge is 0.376 e. The lowest BCUT2D eigenvalue weighted by Gasteiger charge is -2.30. The fraction of sp³-hybridized carbons (Fsp3) is 0.600. The maximum absolute atomic E-state index is 12.7. The number of hydrogen-bond acceptors (Lipinski definition) is 4. The number of benzene rings is 1. The van der Waals surface area contributed by atoms with Gasteiger partial charge in [0.2, 0.25) is 10.0 Å². The monoisotopic (exact) mass is 312 g/mol. The molecule has 1 N–H and O–H groups in total. The minimum atomic E-state index is -3.44. The molecule has 0 aromatic heterocycles. The molecule has 2 atom stereocenters. The maximum Gasteiger partial charge on any atom is 0.243 e. The van der Waals surface area contributed by atoms with Crippen molar-refractivity contribution < 1.29 is 13.2 Å². The Bertz CT molecular complexity index is 574. The smallest absolute Gasteiger partial charge is 0.243 e. The van der Waals surface area contributed by atoms with Gasteiger partial charge in [0.15, 0.2) is 0 Å². The molecule has 1 aliphatic heterocycles. The van der Waals surface area contributed by atoms with Crippen molar-refractivity contribution in [3.8, 4) is 0 Å². The van der Waals surface area contributed by atoms with E-state index in [0.29, 0.717) is 24.6 Å². The van der Waals surface area contributed by atoms with Gasteiger partial charge < -0.3 is 10.1 Å². The van der Waals surface area contributed by atoms with E-state index >= 15 is 0 Å². The van der Waals surface area contributed by atoms with Gasteiger partial charge in [-0.3, -0.25) is 0 Å². The number of ether oxygens (including phenoxy) is 1. The summed E-state index contributed by atoms with van der Waals surface area (Å²) in [6.45, 7) is 8.09. The van der Waals surface area contributed by atoms with Gasteiger partial charge in [-0.05, 0) is 38.1 Å². The van der Waals surface area contributed by atoms with E-state index < -0.39 is 10.0 Å². The predicted octanol–water partition coefficient (Wildman–Crippen LogP) is 1.77. The van der Waals surface area contributed by atoms with Gasteiger partial charge in [-0.1, -0.05) is 19.1 Å². The lowest BCUT2D eigenvalue weighted by molar-refractivity contribution is 0.0102. The number of morpholine rings is 1. The molecule has 1 aromatic carbocycles. The Hall–Kier alpha value is -0.950. The fourth-order valence-corrected chi connectivity index (χ4v) is 4.08. The van der Waals surface area contributed by atoms with E-state index in [4.69, 9.17) is 4.74 Å². The average molecular weight is 312 g/mol. The molecule has 6 heteroatoms. The zero-order valence-corrected chi connectivity index (χ0v) is 13.7. The third kappa shape index (κ3) is 3.83. The molecule has 118 valence electrons. The molecule has 1 fully saturated rings. The molecule has 0 saturated carbocycles. The number of nitrogens with one attached hydrogen (secondary N) is 1. The lowest BCUT2D eigenvalue weighted by Crippen LogP contribution is -2.44. The summed E-state index contributed by atoms with van der Waals surface area (Å²) in [6, 6.07) is 7.32. The van der Waals surface area contributed by atoms with Crippen LogP contribution in [0.5, 0.6) is 0 Å². The van der Waals surface area contributed by atoms with Gasteiger partial charge in [-0.2, -0.15) is 4.31 Å². The van der Waals surface area contributed by atoms with Crippen LogP contribution in [0.2, 0.25) is 0 Å². The third-order valence-corrected chi connectivity index (χ3v) is 5.57. The highest BCUT2D eigenvalue weighted by Crippen LogP contribution is 2.22. The molecule has 1 saturated heterocycles. The molecule has 5 nitrogen and oxygen atoms in total. The number of nitrogens with zero attached hydrogens (tertiary/aromatic N) is 1. The summed E-state index contributed by atoms with van der Waals surface area (Å²) in [5.41, 5.74) is 0.985. The minimum absolute atomic E-state index is 0.0580. The van der Waals surface area contributed by atoms with Crippen LogP contribution in [0.15, 0.2) is 29.2 Å². The van der Waals surface area contributed by atoms with E-state index in [0.717, 1.165) is 12.1 Å². The van der Waals surface area contributed by atoms with E-state index in [1.165, 1.54) is 4.31 Å². The topological polar surface area (TPSA) is 58.6 Å². The normalized spacial score (nSPS) is 22.1. The zero-order chi connectivity index (χ0) is 15.5. The quantitative estimate of drug-likeness (QED) is 0.900. The van der Waals surface area contributed by atoms with Crippen LogP contribution < -0.4 is 5.32 Å². The van der Waals surface area contributed by atoms with E-state index in [-0.39, 0.29) is 12.1 Å². The van der Waals surface area contributed by atoms with Gasteiger partial charge in [-0.15, -0.1) is 0 Å². The summed E-state index contributed by atoms with van der Waals surface area (Å²) in [5.74, 6) is 0. The van der Waals surface area contributed by atoms with E-state index in [9.17, 15) is 8.42 Å². The molecule has 1 aliphatic rings. The van der Waals surface area contributed by atoms with Gasteiger partial charge in [-0.25, -0.2) is 8.42 Å². The zero-order valence-electron chi connectivity index (χ0n) is 12.9. The van der Waals surface area contributed by atoms with Gasteiger partial charge in [0.25, 0.3) is 0 Å². The van der Waals surface area contributed by atoms with Gasteiger partial charge in [0.05, 0.1) is 17.6 Å². The summed E-state index contributed by atoms with van der Waals surface area (Å²) >= 11 is 0. The summed E-state index contributed by atoms with van der Waals surface area (Å²) < 4.78 is 32.4. The van der Waals surface area contributed by atoms with Crippen LogP contribution in [0, 0.1) is 0 Å². The third-order valence-electron chi connectivity index (χ3n) is 3.71. The molecule has 21 heavy (non-hydrogen) atoms. The Morgan fingerprint density at radius 3 is 2.90 bits per heavy atom. The Balaban J connectivity index is 2.25. The number of sulfonamides is 1. The summed E-state index contributed by atoms with van der Waals surface area (Å²) in [4.78, 5) is 0.360. The highest BCUT2D eigenvalue weighted by molar-refractivity contribution is 7.89. The molecule has 2 rings (SSSR count). The maximum atomic E-state index is 12.7.